The highest BCUT2D eigenvalue weighted by Gasteiger charge is 2.21. The molecule has 11 nitrogen and oxygen atoms in total. The molecule has 5 aromatic rings. The minimum atomic E-state index is -0.233. The number of carbonyl (C=O) groups excluding carboxylic acids is 1. The zero-order chi connectivity index (χ0) is 30.8. The lowest BCUT2D eigenvalue weighted by Gasteiger charge is -2.17. The van der Waals surface area contributed by atoms with Crippen molar-refractivity contribution in [3.8, 4) is 28.3 Å². The number of methoxy groups -OCH3 is 1. The number of ether oxygens (including phenoxy) is 1. The number of pyridine rings is 1. The van der Waals surface area contributed by atoms with Crippen molar-refractivity contribution in [2.24, 2.45) is 7.05 Å². The highest BCUT2D eigenvalue weighted by molar-refractivity contribution is 6.36. The van der Waals surface area contributed by atoms with Crippen molar-refractivity contribution in [1.29, 1.82) is 0 Å². The molecule has 1 saturated heterocycles. The van der Waals surface area contributed by atoms with Gasteiger partial charge in [-0.15, -0.1) is 0 Å². The molecule has 0 radical (unpaired) electrons. The van der Waals surface area contributed by atoms with Crippen molar-refractivity contribution in [2.75, 3.05) is 19.0 Å². The highest BCUT2D eigenvalue weighted by Crippen LogP contribution is 2.39. The van der Waals surface area contributed by atoms with E-state index in [2.05, 4.69) is 31.0 Å². The van der Waals surface area contributed by atoms with Crippen molar-refractivity contribution in [2.45, 2.75) is 32.4 Å². The second kappa shape index (κ2) is 12.4. The minimum absolute atomic E-state index is 0.0857. The van der Waals surface area contributed by atoms with Crippen molar-refractivity contribution in [1.82, 2.24) is 35.4 Å². The second-order valence-electron chi connectivity index (χ2n) is 10.6. The van der Waals surface area contributed by atoms with Gasteiger partial charge < -0.3 is 20.7 Å². The number of hydrogen-bond acceptors (Lipinski definition) is 9. The number of benzene rings is 2. The zero-order valence-electron chi connectivity index (χ0n) is 24.5. The van der Waals surface area contributed by atoms with E-state index in [1.165, 1.54) is 4.68 Å². The molecule has 44 heavy (non-hydrogen) atoms. The predicted octanol–water partition coefficient (Wildman–Crippen LogP) is 4.53. The molecule has 0 saturated carbocycles. The summed E-state index contributed by atoms with van der Waals surface area (Å²) in [5.41, 5.74) is 5.18. The third-order valence-electron chi connectivity index (χ3n) is 7.79. The van der Waals surface area contributed by atoms with Crippen LogP contribution in [-0.2, 0) is 18.4 Å². The van der Waals surface area contributed by atoms with Crippen LogP contribution in [0.1, 0.15) is 24.1 Å². The van der Waals surface area contributed by atoms with Gasteiger partial charge in [0.05, 0.1) is 35.6 Å². The molecule has 4 heterocycles. The van der Waals surface area contributed by atoms with Crippen LogP contribution in [0.15, 0.2) is 65.8 Å². The highest BCUT2D eigenvalue weighted by atomic mass is 35.5. The normalized spacial score (nSPS) is 14.5. The molecular formula is C32H31ClN8O3. The van der Waals surface area contributed by atoms with Gasteiger partial charge in [0.1, 0.15) is 11.5 Å². The van der Waals surface area contributed by atoms with E-state index in [1.54, 1.807) is 38.8 Å². The average molecular weight is 611 g/mol. The number of nitrogens with zero attached hydrogens (tertiary/aromatic N) is 5. The number of hydrogen-bond donors (Lipinski definition) is 3. The molecule has 224 valence electrons. The first-order chi connectivity index (χ1) is 21.3. The predicted molar refractivity (Wildman–Crippen MR) is 170 cm³/mol. The molecule has 3 aromatic heterocycles. The summed E-state index contributed by atoms with van der Waals surface area (Å²) in [6, 6.07) is 13.5. The first kappa shape index (κ1) is 29.2. The van der Waals surface area contributed by atoms with Gasteiger partial charge in [-0.2, -0.15) is 5.10 Å². The molecule has 1 unspecified atom stereocenters. The molecule has 0 bridgehead atoms. The van der Waals surface area contributed by atoms with Crippen LogP contribution in [0.3, 0.4) is 0 Å². The Kier molecular flexibility index (Phi) is 8.23. The molecule has 0 spiro atoms. The van der Waals surface area contributed by atoms with Crippen molar-refractivity contribution in [3.63, 3.8) is 0 Å². The molecule has 1 amide bonds. The summed E-state index contributed by atoms with van der Waals surface area (Å²) in [6.45, 7) is 3.08. The maximum Gasteiger partial charge on any atom is 0.278 e. The summed E-state index contributed by atoms with van der Waals surface area (Å²) in [5, 5.41) is 15.4. The first-order valence-corrected chi connectivity index (χ1v) is 14.6. The van der Waals surface area contributed by atoms with Crippen LogP contribution >= 0.6 is 11.6 Å². The number of anilines is 2. The van der Waals surface area contributed by atoms with Crippen molar-refractivity contribution >= 4 is 39.8 Å². The summed E-state index contributed by atoms with van der Waals surface area (Å²) in [4.78, 5) is 38.1. The van der Waals surface area contributed by atoms with E-state index in [0.717, 1.165) is 28.8 Å². The average Bonchev–Trinajstić information content (AvgIpc) is 3.45. The molecule has 1 aliphatic heterocycles. The van der Waals surface area contributed by atoms with Crippen LogP contribution in [0.2, 0.25) is 5.02 Å². The van der Waals surface area contributed by atoms with Gasteiger partial charge in [-0.3, -0.25) is 14.6 Å². The Labute approximate surface area is 258 Å². The van der Waals surface area contributed by atoms with Crippen LogP contribution in [-0.4, -0.2) is 50.3 Å². The fourth-order valence-corrected chi connectivity index (χ4v) is 5.73. The largest absolute Gasteiger partial charge is 0.480 e. The van der Waals surface area contributed by atoms with Gasteiger partial charge in [0.25, 0.3) is 5.56 Å². The topological polar surface area (TPSA) is 136 Å². The van der Waals surface area contributed by atoms with Gasteiger partial charge in [0, 0.05) is 61.0 Å². The molecule has 12 heteroatoms. The summed E-state index contributed by atoms with van der Waals surface area (Å²) >= 11 is 7.04. The third-order valence-corrected chi connectivity index (χ3v) is 8.19. The third kappa shape index (κ3) is 5.71. The van der Waals surface area contributed by atoms with Gasteiger partial charge >= 0.3 is 0 Å². The molecule has 3 N–H and O–H groups in total. The van der Waals surface area contributed by atoms with Crippen LogP contribution in [0.4, 0.5) is 11.5 Å². The smallest absolute Gasteiger partial charge is 0.278 e. The fraction of sp³-hybridized carbons (Fsp3) is 0.250. The Morgan fingerprint density at radius 1 is 1.07 bits per heavy atom. The molecule has 0 aliphatic carbocycles. The summed E-state index contributed by atoms with van der Waals surface area (Å²) in [5.74, 6) is 0.941. The van der Waals surface area contributed by atoms with Crippen LogP contribution in [0, 0.1) is 6.92 Å². The van der Waals surface area contributed by atoms with E-state index >= 15 is 0 Å². The monoisotopic (exact) mass is 610 g/mol. The minimum Gasteiger partial charge on any atom is -0.480 e. The Hall–Kier alpha value is -4.87. The van der Waals surface area contributed by atoms with E-state index in [9.17, 15) is 9.59 Å². The maximum absolute atomic E-state index is 12.9. The van der Waals surface area contributed by atoms with E-state index in [0.29, 0.717) is 64.0 Å². The number of amides is 1. The Morgan fingerprint density at radius 3 is 2.66 bits per heavy atom. The number of fused-ring (bicyclic) bond motifs is 1. The Balaban J connectivity index is 1.28. The number of rotatable bonds is 9. The lowest BCUT2D eigenvalue weighted by atomic mass is 9.96. The quantitative estimate of drug-likeness (QED) is 0.220. The second-order valence-corrected chi connectivity index (χ2v) is 11.0. The Morgan fingerprint density at radius 2 is 1.86 bits per heavy atom. The standard InChI is InChI=1S/C32H31ClN8O3/c1-18-21(6-5-9-24(18)39-30-28-19(12-13-35-30)14-37-41(2)32(28)43)22-7-4-8-23(29(22)33)25-17-36-26(31(40-25)44-3)16-34-15-20-10-11-27(42)38-20/h4-9,12-14,17,20,34H,10-11,15-16H2,1-3H3,(H,35,39)(H,38,42). The van der Waals surface area contributed by atoms with Gasteiger partial charge in [0.2, 0.25) is 11.8 Å². The number of aromatic nitrogens is 5. The fourth-order valence-electron chi connectivity index (χ4n) is 5.40. The summed E-state index contributed by atoms with van der Waals surface area (Å²) in [7, 11) is 3.17. The van der Waals surface area contributed by atoms with E-state index in [1.807, 2.05) is 43.3 Å². The van der Waals surface area contributed by atoms with E-state index in [-0.39, 0.29) is 17.5 Å². The van der Waals surface area contributed by atoms with E-state index < -0.39 is 0 Å². The number of aryl methyl sites for hydroxylation is 1. The molecular weight excluding hydrogens is 580 g/mol. The van der Waals surface area contributed by atoms with Crippen LogP contribution in [0.5, 0.6) is 5.88 Å². The summed E-state index contributed by atoms with van der Waals surface area (Å²) < 4.78 is 6.86. The van der Waals surface area contributed by atoms with Crippen molar-refractivity contribution < 1.29 is 9.53 Å². The van der Waals surface area contributed by atoms with Gasteiger partial charge in [-0.25, -0.2) is 14.6 Å². The maximum atomic E-state index is 12.9. The van der Waals surface area contributed by atoms with Gasteiger partial charge in [-0.05, 0) is 36.6 Å². The van der Waals surface area contributed by atoms with Crippen LogP contribution < -0.4 is 26.2 Å². The molecule has 2 aromatic carbocycles. The molecule has 1 fully saturated rings. The van der Waals surface area contributed by atoms with Gasteiger partial charge in [-0.1, -0.05) is 41.9 Å². The number of halogens is 1. The SMILES string of the molecule is COc1nc(-c2cccc(-c3cccc(Nc4nccc5cnn(C)c(=O)c45)c3C)c2Cl)cnc1CNCC1CCC(=O)N1. The van der Waals surface area contributed by atoms with Crippen LogP contribution in [0.25, 0.3) is 33.2 Å². The number of nitrogens with one attached hydrogen (secondary N) is 3. The Bertz CT molecular complexity index is 1940. The van der Waals surface area contributed by atoms with Gasteiger partial charge in [0.15, 0.2) is 0 Å². The number of carbonyl (C=O) groups is 1. The lowest BCUT2D eigenvalue weighted by molar-refractivity contribution is -0.119. The molecule has 1 atom stereocenters. The molecule has 6 rings (SSSR count). The van der Waals surface area contributed by atoms with Crippen molar-refractivity contribution in [3.05, 3.63) is 87.7 Å². The van der Waals surface area contributed by atoms with E-state index in [4.69, 9.17) is 21.3 Å². The first-order valence-electron chi connectivity index (χ1n) is 14.2. The molecule has 1 aliphatic rings. The lowest BCUT2D eigenvalue weighted by Crippen LogP contribution is -2.35. The zero-order valence-corrected chi connectivity index (χ0v) is 25.3. The summed E-state index contributed by atoms with van der Waals surface area (Å²) in [6.07, 6.45) is 6.37.